The standard InChI is InChI=1S/C32H54O9/c1-7-38-18-30(34)20(3)40-27(31(35,19-39-8-2)26(30)37-6)41-22-11-14-28(4)21(17-22)9-10-24-23(28)12-15-29(5)25(33)13-16-32(24,29)36/h20-24,26-27,34-36H,7-19H2,1-6H3/t20-,21+,22-,23-,24+,26+,27-,28-,29+,30-,31-,32-/m0/s1. The maximum atomic E-state index is 12.8. The van der Waals surface area contributed by atoms with Crippen molar-refractivity contribution in [1.82, 2.24) is 0 Å². The lowest BCUT2D eigenvalue weighted by Gasteiger charge is -2.63. The smallest absolute Gasteiger partial charge is 0.192 e. The van der Waals surface area contributed by atoms with E-state index in [1.54, 1.807) is 6.92 Å². The van der Waals surface area contributed by atoms with Crippen molar-refractivity contribution in [3.8, 4) is 0 Å². The summed E-state index contributed by atoms with van der Waals surface area (Å²) >= 11 is 0. The number of ketones is 1. The van der Waals surface area contributed by atoms with Gasteiger partial charge in [0.25, 0.3) is 0 Å². The average molecular weight is 583 g/mol. The number of ether oxygens (including phenoxy) is 5. The van der Waals surface area contributed by atoms with Crippen molar-refractivity contribution in [3.63, 3.8) is 0 Å². The van der Waals surface area contributed by atoms with Gasteiger partial charge in [-0.05, 0) is 102 Å². The highest BCUT2D eigenvalue weighted by molar-refractivity contribution is 5.88. The Balaban J connectivity index is 1.33. The Morgan fingerprint density at radius 1 is 0.902 bits per heavy atom. The topological polar surface area (TPSA) is 124 Å². The molecular weight excluding hydrogens is 528 g/mol. The zero-order valence-corrected chi connectivity index (χ0v) is 26.0. The maximum absolute atomic E-state index is 12.8. The Morgan fingerprint density at radius 3 is 2.24 bits per heavy atom. The summed E-state index contributed by atoms with van der Waals surface area (Å²) < 4.78 is 29.9. The Morgan fingerprint density at radius 2 is 1.59 bits per heavy atom. The fourth-order valence-corrected chi connectivity index (χ4v) is 9.87. The van der Waals surface area contributed by atoms with Crippen molar-refractivity contribution in [2.45, 2.75) is 134 Å². The lowest BCUT2D eigenvalue weighted by molar-refractivity contribution is -0.386. The first-order valence-corrected chi connectivity index (χ1v) is 16.0. The molecule has 5 aliphatic rings. The van der Waals surface area contributed by atoms with Crippen LogP contribution in [-0.2, 0) is 28.5 Å². The molecule has 5 fully saturated rings. The van der Waals surface area contributed by atoms with Gasteiger partial charge in [-0.1, -0.05) is 6.92 Å². The van der Waals surface area contributed by atoms with Crippen LogP contribution in [0, 0.1) is 28.6 Å². The van der Waals surface area contributed by atoms with Gasteiger partial charge in [-0.15, -0.1) is 0 Å². The van der Waals surface area contributed by atoms with Crippen molar-refractivity contribution in [1.29, 1.82) is 0 Å². The van der Waals surface area contributed by atoms with Crippen LogP contribution in [0.15, 0.2) is 0 Å². The van der Waals surface area contributed by atoms with Crippen LogP contribution in [0.1, 0.15) is 92.4 Å². The van der Waals surface area contributed by atoms with E-state index in [1.165, 1.54) is 7.11 Å². The molecule has 0 bridgehead atoms. The van der Waals surface area contributed by atoms with E-state index in [9.17, 15) is 20.1 Å². The summed E-state index contributed by atoms with van der Waals surface area (Å²) in [6, 6.07) is 0. The van der Waals surface area contributed by atoms with E-state index in [0.717, 1.165) is 44.9 Å². The number of carbonyl (C=O) groups is 1. The minimum Gasteiger partial charge on any atom is -0.389 e. The third-order valence-corrected chi connectivity index (χ3v) is 12.5. The molecule has 41 heavy (non-hydrogen) atoms. The number of hydrogen-bond donors (Lipinski definition) is 3. The fourth-order valence-electron chi connectivity index (χ4n) is 9.87. The van der Waals surface area contributed by atoms with E-state index in [0.29, 0.717) is 37.9 Å². The second-order valence-electron chi connectivity index (χ2n) is 14.2. The predicted molar refractivity (Wildman–Crippen MR) is 151 cm³/mol. The average Bonchev–Trinajstić information content (AvgIpc) is 3.19. The normalized spacial score (nSPS) is 51.6. The molecular formula is C32H54O9. The van der Waals surface area contributed by atoms with Gasteiger partial charge in [0.05, 0.1) is 36.4 Å². The summed E-state index contributed by atoms with van der Waals surface area (Å²) in [6.45, 7) is 10.5. The summed E-state index contributed by atoms with van der Waals surface area (Å²) in [5.74, 6) is 1.21. The number of fused-ring (bicyclic) bond motifs is 5. The van der Waals surface area contributed by atoms with Crippen LogP contribution in [0.5, 0.6) is 0 Å². The molecule has 9 nitrogen and oxygen atoms in total. The first-order valence-electron chi connectivity index (χ1n) is 16.0. The van der Waals surface area contributed by atoms with E-state index in [1.807, 2.05) is 20.8 Å². The molecule has 0 aromatic carbocycles. The minimum absolute atomic E-state index is 0.0479. The number of hydrogen-bond acceptors (Lipinski definition) is 9. The first kappa shape index (κ1) is 31.8. The molecule has 12 atom stereocenters. The molecule has 5 rings (SSSR count). The van der Waals surface area contributed by atoms with E-state index in [-0.39, 0.29) is 36.4 Å². The Hall–Kier alpha value is -0.650. The van der Waals surface area contributed by atoms with Gasteiger partial charge in [0, 0.05) is 26.7 Å². The summed E-state index contributed by atoms with van der Waals surface area (Å²) in [4.78, 5) is 12.8. The van der Waals surface area contributed by atoms with Crippen molar-refractivity contribution in [2.75, 3.05) is 33.5 Å². The number of aliphatic hydroxyl groups is 3. The van der Waals surface area contributed by atoms with E-state index in [4.69, 9.17) is 23.7 Å². The molecule has 0 amide bonds. The highest BCUT2D eigenvalue weighted by atomic mass is 16.7. The summed E-state index contributed by atoms with van der Waals surface area (Å²) in [6.07, 6.45) is 4.46. The quantitative estimate of drug-likeness (QED) is 0.351. The zero-order chi connectivity index (χ0) is 29.8. The third kappa shape index (κ3) is 4.76. The van der Waals surface area contributed by atoms with Crippen LogP contribution in [-0.4, -0.2) is 96.0 Å². The van der Waals surface area contributed by atoms with Gasteiger partial charge in [-0.25, -0.2) is 0 Å². The van der Waals surface area contributed by atoms with Gasteiger partial charge < -0.3 is 39.0 Å². The van der Waals surface area contributed by atoms with Gasteiger partial charge in [0.2, 0.25) is 0 Å². The van der Waals surface area contributed by atoms with Crippen LogP contribution in [0.4, 0.5) is 0 Å². The van der Waals surface area contributed by atoms with Crippen LogP contribution < -0.4 is 0 Å². The van der Waals surface area contributed by atoms with Crippen LogP contribution in [0.25, 0.3) is 0 Å². The van der Waals surface area contributed by atoms with Gasteiger partial charge >= 0.3 is 0 Å². The molecule has 3 N–H and O–H groups in total. The first-order chi connectivity index (χ1) is 19.3. The van der Waals surface area contributed by atoms with Gasteiger partial charge in [-0.2, -0.15) is 0 Å². The molecule has 0 spiro atoms. The summed E-state index contributed by atoms with van der Waals surface area (Å²) in [7, 11) is 1.47. The Bertz CT molecular complexity index is 961. The third-order valence-electron chi connectivity index (χ3n) is 12.5. The highest BCUT2D eigenvalue weighted by Crippen LogP contribution is 2.67. The second kappa shape index (κ2) is 11.4. The minimum atomic E-state index is -1.74. The number of Topliss-reactive ketones (excluding diaryl/α,β-unsaturated/α-hetero) is 1. The van der Waals surface area contributed by atoms with Gasteiger partial charge in [0.1, 0.15) is 17.5 Å². The SMILES string of the molecule is CCOC[C@@]1(O)[C@H](O[C@H]2CC[C@@]3(C)[C@H](CC[C@@H]4[C@@H]3CC[C@]3(C)C(=O)CC[C@]43O)C2)O[C@@H](C)[C@@](O)(COCC)[C@H]1OC. The molecule has 1 saturated heterocycles. The lowest BCUT2D eigenvalue weighted by Crippen LogP contribution is -2.75. The largest absolute Gasteiger partial charge is 0.389 e. The zero-order valence-electron chi connectivity index (χ0n) is 26.0. The van der Waals surface area contributed by atoms with Crippen LogP contribution in [0.2, 0.25) is 0 Å². The van der Waals surface area contributed by atoms with E-state index in [2.05, 4.69) is 6.92 Å². The Labute approximate surface area is 245 Å². The van der Waals surface area contributed by atoms with Crippen molar-refractivity contribution in [2.24, 2.45) is 28.6 Å². The van der Waals surface area contributed by atoms with Crippen molar-refractivity contribution >= 4 is 5.78 Å². The fraction of sp³-hybridized carbons (Fsp3) is 0.969. The molecule has 1 aliphatic heterocycles. The Kier molecular flexibility index (Phi) is 8.81. The number of carbonyl (C=O) groups excluding carboxylic acids is 1. The monoisotopic (exact) mass is 582 g/mol. The highest BCUT2D eigenvalue weighted by Gasteiger charge is 2.68. The molecule has 4 aliphatic carbocycles. The van der Waals surface area contributed by atoms with E-state index >= 15 is 0 Å². The molecule has 1 heterocycles. The van der Waals surface area contributed by atoms with E-state index < -0.39 is 40.7 Å². The van der Waals surface area contributed by atoms with Gasteiger partial charge in [0.15, 0.2) is 11.9 Å². The molecule has 236 valence electrons. The molecule has 4 saturated carbocycles. The van der Waals surface area contributed by atoms with Crippen LogP contribution >= 0.6 is 0 Å². The number of rotatable bonds is 9. The predicted octanol–water partition coefficient (Wildman–Crippen LogP) is 3.39. The summed E-state index contributed by atoms with van der Waals surface area (Å²) in [5, 5.41) is 35.6. The van der Waals surface area contributed by atoms with Gasteiger partial charge in [-0.3, -0.25) is 4.79 Å². The molecule has 0 unspecified atom stereocenters. The maximum Gasteiger partial charge on any atom is 0.192 e. The lowest BCUT2D eigenvalue weighted by atomic mass is 9.44. The van der Waals surface area contributed by atoms with Crippen molar-refractivity contribution in [3.05, 3.63) is 0 Å². The number of methoxy groups -OCH3 is 1. The molecule has 0 radical (unpaired) electrons. The summed E-state index contributed by atoms with van der Waals surface area (Å²) in [5.41, 5.74) is -4.74. The second-order valence-corrected chi connectivity index (χ2v) is 14.2. The van der Waals surface area contributed by atoms with Crippen molar-refractivity contribution < 1.29 is 43.8 Å². The molecule has 9 heteroatoms. The van der Waals surface area contributed by atoms with Crippen LogP contribution in [0.3, 0.4) is 0 Å². The molecule has 0 aromatic heterocycles. The molecule has 0 aromatic rings.